The molecule has 0 bridgehead atoms. The van der Waals surface area contributed by atoms with Crippen LogP contribution in [0.3, 0.4) is 0 Å². The van der Waals surface area contributed by atoms with Gasteiger partial charge in [-0.3, -0.25) is 0 Å². The van der Waals surface area contributed by atoms with Crippen LogP contribution in [0.5, 0.6) is 0 Å². The van der Waals surface area contributed by atoms with E-state index in [1.807, 2.05) is 0 Å². The molecule has 0 aromatic heterocycles. The molecule has 0 saturated heterocycles. The van der Waals surface area contributed by atoms with Crippen molar-refractivity contribution in [1.82, 2.24) is 5.32 Å². The van der Waals surface area contributed by atoms with Crippen molar-refractivity contribution in [1.29, 1.82) is 0 Å². The van der Waals surface area contributed by atoms with E-state index in [1.54, 1.807) is 0 Å². The van der Waals surface area contributed by atoms with Gasteiger partial charge in [-0.25, -0.2) is 0 Å². The smallest absolute Gasteiger partial charge is 0.0121 e. The van der Waals surface area contributed by atoms with E-state index in [9.17, 15) is 0 Å². The Balaban J connectivity index is 1.79. The van der Waals surface area contributed by atoms with Gasteiger partial charge in [0.25, 0.3) is 0 Å². The van der Waals surface area contributed by atoms with Crippen molar-refractivity contribution >= 4 is 0 Å². The molecule has 0 spiro atoms. The number of unbranched alkanes of at least 4 members (excludes halogenated alkanes) is 5. The summed E-state index contributed by atoms with van der Waals surface area (Å²) in [6.45, 7) is 7.35. The fourth-order valence-electron chi connectivity index (χ4n) is 5.43. The molecule has 1 heteroatoms. The minimum Gasteiger partial charge on any atom is -0.316 e. The second-order valence-electron chi connectivity index (χ2n) is 9.58. The molecule has 2 rings (SSSR count). The third-order valence-corrected chi connectivity index (χ3v) is 7.58. The first-order chi connectivity index (χ1) is 12.2. The minimum absolute atomic E-state index is 0.750. The van der Waals surface area contributed by atoms with E-state index in [2.05, 4.69) is 33.1 Å². The van der Waals surface area contributed by atoms with E-state index in [0.717, 1.165) is 35.6 Å². The number of hydrogen-bond acceptors (Lipinski definition) is 1. The Bertz CT molecular complexity index is 335. The van der Waals surface area contributed by atoms with E-state index < -0.39 is 0 Å². The third kappa shape index (κ3) is 7.24. The van der Waals surface area contributed by atoms with Gasteiger partial charge in [-0.1, -0.05) is 91.4 Å². The molecule has 1 nitrogen and oxygen atoms in total. The topological polar surface area (TPSA) is 12.0 Å². The lowest BCUT2D eigenvalue weighted by atomic mass is 9.64. The van der Waals surface area contributed by atoms with Crippen molar-refractivity contribution in [3.05, 3.63) is 0 Å². The first kappa shape index (κ1) is 21.3. The summed E-state index contributed by atoms with van der Waals surface area (Å²) in [6.07, 6.45) is 20.6. The number of hydrogen-bond donors (Lipinski definition) is 1. The van der Waals surface area contributed by atoms with Gasteiger partial charge in [-0.05, 0) is 55.9 Å². The normalized spacial score (nSPS) is 26.9. The van der Waals surface area contributed by atoms with Crippen LogP contribution >= 0.6 is 0 Å². The second-order valence-corrected chi connectivity index (χ2v) is 9.58. The molecule has 1 N–H and O–H groups in total. The lowest BCUT2D eigenvalue weighted by Crippen LogP contribution is -2.46. The van der Waals surface area contributed by atoms with E-state index in [0.29, 0.717) is 0 Å². The molecule has 25 heavy (non-hydrogen) atoms. The summed E-state index contributed by atoms with van der Waals surface area (Å²) in [5.74, 6) is 4.83. The van der Waals surface area contributed by atoms with Crippen LogP contribution in [0.25, 0.3) is 0 Å². The largest absolute Gasteiger partial charge is 0.316 e. The Morgan fingerprint density at radius 1 is 0.880 bits per heavy atom. The monoisotopic (exact) mass is 349 g/mol. The van der Waals surface area contributed by atoms with Gasteiger partial charge in [0.1, 0.15) is 0 Å². The first-order valence-electron chi connectivity index (χ1n) is 11.8. The number of rotatable bonds is 15. The lowest BCUT2D eigenvalue weighted by Gasteiger charge is -2.44. The highest BCUT2D eigenvalue weighted by Gasteiger charge is 2.37. The second kappa shape index (κ2) is 11.6. The highest BCUT2D eigenvalue weighted by molar-refractivity contribution is 4.90. The maximum Gasteiger partial charge on any atom is 0.0121 e. The molecule has 0 aromatic carbocycles. The fourth-order valence-corrected chi connectivity index (χ4v) is 5.43. The van der Waals surface area contributed by atoms with Gasteiger partial charge < -0.3 is 5.32 Å². The summed E-state index contributed by atoms with van der Waals surface area (Å²) in [4.78, 5) is 0. The average molecular weight is 350 g/mol. The van der Waals surface area contributed by atoms with E-state index in [1.165, 1.54) is 89.9 Å². The average Bonchev–Trinajstić information content (AvgIpc) is 3.41. The lowest BCUT2D eigenvalue weighted by molar-refractivity contribution is 0.0801. The van der Waals surface area contributed by atoms with Crippen molar-refractivity contribution < 1.29 is 0 Å². The molecule has 5 unspecified atom stereocenters. The summed E-state index contributed by atoms with van der Waals surface area (Å²) in [5, 5.41) is 3.79. The minimum atomic E-state index is 0.750. The Kier molecular flexibility index (Phi) is 9.89. The van der Waals surface area contributed by atoms with Crippen LogP contribution in [0.1, 0.15) is 111 Å². The van der Waals surface area contributed by atoms with Gasteiger partial charge in [0.2, 0.25) is 0 Å². The Morgan fingerprint density at radius 2 is 1.56 bits per heavy atom. The van der Waals surface area contributed by atoms with Crippen LogP contribution in [-0.4, -0.2) is 13.1 Å². The van der Waals surface area contributed by atoms with Gasteiger partial charge >= 0.3 is 0 Å². The summed E-state index contributed by atoms with van der Waals surface area (Å²) < 4.78 is 0. The van der Waals surface area contributed by atoms with Crippen LogP contribution in [0.2, 0.25) is 0 Å². The third-order valence-electron chi connectivity index (χ3n) is 7.58. The molecule has 0 aromatic rings. The molecular formula is C24H47N. The summed E-state index contributed by atoms with van der Waals surface area (Å²) in [6, 6.07) is 0.750. The van der Waals surface area contributed by atoms with Crippen molar-refractivity contribution in [2.45, 2.75) is 117 Å². The van der Waals surface area contributed by atoms with E-state index >= 15 is 0 Å². The van der Waals surface area contributed by atoms with Crippen LogP contribution in [0.4, 0.5) is 0 Å². The Hall–Kier alpha value is -0.0400. The molecular weight excluding hydrogens is 302 g/mol. The molecule has 0 amide bonds. The van der Waals surface area contributed by atoms with Crippen LogP contribution in [-0.2, 0) is 0 Å². The molecule has 2 aliphatic rings. The molecule has 0 heterocycles. The van der Waals surface area contributed by atoms with Crippen molar-refractivity contribution in [3.8, 4) is 0 Å². The maximum absolute atomic E-state index is 3.79. The van der Waals surface area contributed by atoms with Crippen LogP contribution in [0, 0.1) is 29.6 Å². The quantitative estimate of drug-likeness (QED) is 0.308. The highest BCUT2D eigenvalue weighted by atomic mass is 14.9. The van der Waals surface area contributed by atoms with Gasteiger partial charge in [-0.15, -0.1) is 0 Å². The zero-order chi connectivity index (χ0) is 18.1. The Labute approximate surface area is 159 Å². The van der Waals surface area contributed by atoms with Gasteiger partial charge in [0.15, 0.2) is 0 Å². The molecule has 2 saturated carbocycles. The molecule has 0 radical (unpaired) electrons. The summed E-state index contributed by atoms with van der Waals surface area (Å²) in [7, 11) is 2.23. The van der Waals surface area contributed by atoms with Gasteiger partial charge in [-0.2, -0.15) is 0 Å². The number of nitrogens with one attached hydrogen (secondary N) is 1. The molecule has 2 aliphatic carbocycles. The summed E-state index contributed by atoms with van der Waals surface area (Å²) >= 11 is 0. The van der Waals surface area contributed by atoms with E-state index in [4.69, 9.17) is 0 Å². The van der Waals surface area contributed by atoms with Crippen molar-refractivity contribution in [3.63, 3.8) is 0 Å². The predicted octanol–water partition coefficient (Wildman–Crippen LogP) is 7.20. The predicted molar refractivity (Wildman–Crippen MR) is 112 cm³/mol. The van der Waals surface area contributed by atoms with Crippen molar-refractivity contribution in [2.24, 2.45) is 29.6 Å². The van der Waals surface area contributed by atoms with E-state index in [-0.39, 0.29) is 0 Å². The maximum atomic E-state index is 3.79. The molecule has 148 valence electrons. The summed E-state index contributed by atoms with van der Waals surface area (Å²) in [5.41, 5.74) is 0. The van der Waals surface area contributed by atoms with Crippen molar-refractivity contribution in [2.75, 3.05) is 7.05 Å². The van der Waals surface area contributed by atoms with Gasteiger partial charge in [0, 0.05) is 6.04 Å². The molecule has 0 aliphatic heterocycles. The zero-order valence-corrected chi connectivity index (χ0v) is 17.9. The molecule has 5 atom stereocenters. The standard InChI is InChI=1S/C24H47N/c1-5-6-7-8-9-13-22(14-11-10-12-21-16-17-21)24(25-4)20(3)23-18-15-19(23)2/h19-25H,5-18H2,1-4H3. The fraction of sp³-hybridized carbons (Fsp3) is 1.00. The zero-order valence-electron chi connectivity index (χ0n) is 17.9. The molecule has 2 fully saturated rings. The van der Waals surface area contributed by atoms with Crippen LogP contribution < -0.4 is 5.32 Å². The van der Waals surface area contributed by atoms with Gasteiger partial charge in [0.05, 0.1) is 0 Å². The SMILES string of the molecule is CCCCCCCC(CCCCC1CC1)C(NC)C(C)C1CCC1C. The highest BCUT2D eigenvalue weighted by Crippen LogP contribution is 2.43. The Morgan fingerprint density at radius 3 is 2.08 bits per heavy atom. The van der Waals surface area contributed by atoms with Crippen LogP contribution in [0.15, 0.2) is 0 Å². The first-order valence-corrected chi connectivity index (χ1v) is 11.8.